The van der Waals surface area contributed by atoms with Gasteiger partial charge in [0.1, 0.15) is 0 Å². The topological polar surface area (TPSA) is 95.5 Å². The fourth-order valence-electron chi connectivity index (χ4n) is 5.81. The zero-order valence-electron chi connectivity index (χ0n) is 19.9. The average molecular weight is 479 g/mol. The maximum absolute atomic E-state index is 12.3. The van der Waals surface area contributed by atoms with Crippen molar-refractivity contribution >= 4 is 29.5 Å². The van der Waals surface area contributed by atoms with Crippen molar-refractivity contribution in [3.63, 3.8) is 0 Å². The summed E-state index contributed by atoms with van der Waals surface area (Å²) in [4.78, 5) is 35.0. The summed E-state index contributed by atoms with van der Waals surface area (Å²) in [5, 5.41) is 15.9. The number of unbranched alkanes of at least 4 members (excludes halogenated alkanes) is 1. The minimum atomic E-state index is -0.737. The highest BCUT2D eigenvalue weighted by atomic mass is 32.2. The number of carboxylic acid groups (broad SMARTS) is 1. The van der Waals surface area contributed by atoms with Crippen LogP contribution in [-0.4, -0.2) is 46.5 Å². The van der Waals surface area contributed by atoms with Crippen LogP contribution in [0.2, 0.25) is 0 Å². The quantitative estimate of drug-likeness (QED) is 0.249. The van der Waals surface area contributed by atoms with E-state index >= 15 is 0 Å². The van der Waals surface area contributed by atoms with Gasteiger partial charge >= 0.3 is 5.97 Å². The molecular formula is C26H42N2O4S. The highest BCUT2D eigenvalue weighted by molar-refractivity contribution is 8.01. The number of amides is 2. The van der Waals surface area contributed by atoms with Crippen molar-refractivity contribution < 1.29 is 19.5 Å². The molecule has 7 heteroatoms. The van der Waals surface area contributed by atoms with Crippen LogP contribution >= 0.6 is 11.8 Å². The zero-order chi connectivity index (χ0) is 23.5. The Morgan fingerprint density at radius 1 is 0.848 bits per heavy atom. The molecule has 2 heterocycles. The number of aliphatic carboxylic acids is 1. The average Bonchev–Trinajstić information content (AvgIpc) is 3.41. The third-order valence-corrected chi connectivity index (χ3v) is 9.52. The molecule has 0 unspecified atom stereocenters. The van der Waals surface area contributed by atoms with Crippen molar-refractivity contribution in [3.8, 4) is 0 Å². The molecular weight excluding hydrogens is 436 g/mol. The third kappa shape index (κ3) is 8.99. The van der Waals surface area contributed by atoms with E-state index in [4.69, 9.17) is 5.11 Å². The summed E-state index contributed by atoms with van der Waals surface area (Å²) in [5.41, 5.74) is 0. The summed E-state index contributed by atoms with van der Waals surface area (Å²) in [6, 6.07) is 0. The van der Waals surface area contributed by atoms with Gasteiger partial charge in [0.15, 0.2) is 0 Å². The SMILES string of the molecule is O=C(O)CCC/C=C\C[C@H]1[C@@H](CNC(=O)CNC(=O)CCCC2CCCCC2)[C@H]2CC[C@@H]1S2. The Kier molecular flexibility index (Phi) is 11.1. The molecule has 0 aromatic rings. The van der Waals surface area contributed by atoms with Gasteiger partial charge in [-0.3, -0.25) is 14.4 Å². The van der Waals surface area contributed by atoms with Crippen molar-refractivity contribution in [2.24, 2.45) is 17.8 Å². The number of allylic oxidation sites excluding steroid dienone is 2. The maximum atomic E-state index is 12.3. The largest absolute Gasteiger partial charge is 0.481 e. The first-order valence-electron chi connectivity index (χ1n) is 13.1. The van der Waals surface area contributed by atoms with Crippen molar-refractivity contribution in [1.82, 2.24) is 10.6 Å². The van der Waals surface area contributed by atoms with E-state index in [1.54, 1.807) is 0 Å². The number of hydrogen-bond acceptors (Lipinski definition) is 4. The number of carboxylic acids is 1. The van der Waals surface area contributed by atoms with E-state index in [9.17, 15) is 14.4 Å². The van der Waals surface area contributed by atoms with Gasteiger partial charge in [-0.05, 0) is 62.7 Å². The van der Waals surface area contributed by atoms with Gasteiger partial charge in [-0.2, -0.15) is 11.8 Å². The lowest BCUT2D eigenvalue weighted by molar-refractivity contribution is -0.137. The van der Waals surface area contributed by atoms with Crippen LogP contribution in [0.15, 0.2) is 12.2 Å². The lowest BCUT2D eigenvalue weighted by Gasteiger charge is -2.29. The number of carbonyl (C=O) groups excluding carboxylic acids is 2. The first-order chi connectivity index (χ1) is 16.0. The first kappa shape index (κ1) is 26.1. The molecule has 2 amide bonds. The monoisotopic (exact) mass is 478 g/mol. The Morgan fingerprint density at radius 2 is 1.61 bits per heavy atom. The lowest BCUT2D eigenvalue weighted by atomic mass is 9.77. The molecule has 0 aromatic heterocycles. The molecule has 0 spiro atoms. The summed E-state index contributed by atoms with van der Waals surface area (Å²) in [5.74, 6) is 1.00. The second-order valence-corrected chi connectivity index (χ2v) is 11.6. The van der Waals surface area contributed by atoms with E-state index in [0.717, 1.165) is 31.6 Å². The Hall–Kier alpha value is -1.50. The lowest BCUT2D eigenvalue weighted by Crippen LogP contribution is -2.42. The van der Waals surface area contributed by atoms with E-state index in [2.05, 4.69) is 34.5 Å². The van der Waals surface area contributed by atoms with Crippen molar-refractivity contribution in [2.45, 2.75) is 100 Å². The molecule has 2 aliphatic heterocycles. The molecule has 6 nitrogen and oxygen atoms in total. The molecule has 2 saturated heterocycles. The third-order valence-electron chi connectivity index (χ3n) is 7.65. The van der Waals surface area contributed by atoms with Crippen LogP contribution < -0.4 is 10.6 Å². The Labute approximate surface area is 203 Å². The molecule has 186 valence electrons. The molecule has 33 heavy (non-hydrogen) atoms. The van der Waals surface area contributed by atoms with Gasteiger partial charge in [-0.25, -0.2) is 0 Å². The van der Waals surface area contributed by atoms with E-state index < -0.39 is 5.97 Å². The Morgan fingerprint density at radius 3 is 2.36 bits per heavy atom. The molecule has 3 rings (SSSR count). The van der Waals surface area contributed by atoms with Crippen LogP contribution in [0.1, 0.15) is 89.9 Å². The van der Waals surface area contributed by atoms with E-state index in [0.29, 0.717) is 41.7 Å². The predicted octanol–water partition coefficient (Wildman–Crippen LogP) is 4.68. The van der Waals surface area contributed by atoms with E-state index in [-0.39, 0.29) is 24.8 Å². The first-order valence-corrected chi connectivity index (χ1v) is 14.0. The number of fused-ring (bicyclic) bond motifs is 2. The molecule has 0 aromatic carbocycles. The predicted molar refractivity (Wildman–Crippen MR) is 133 cm³/mol. The molecule has 1 aliphatic carbocycles. The standard InChI is InChI=1S/C26H42N2O4S/c29-24(13-8-11-19-9-4-3-5-10-19)28-18-25(30)27-17-21-20(22-15-16-23(21)33-22)12-6-1-2-7-14-26(31)32/h1,6,19-23H,2-5,7-18H2,(H,27,30)(H,28,29)(H,31,32)/b6-1-/t20-,21+,22-,23+/m0/s1. The Bertz CT molecular complexity index is 677. The van der Waals surface area contributed by atoms with Crippen LogP contribution in [0.4, 0.5) is 0 Å². The fraction of sp³-hybridized carbons (Fsp3) is 0.808. The second kappa shape index (κ2) is 14.0. The maximum Gasteiger partial charge on any atom is 0.303 e. The minimum Gasteiger partial charge on any atom is -0.481 e. The molecule has 2 bridgehead atoms. The van der Waals surface area contributed by atoms with Gasteiger partial charge in [0.05, 0.1) is 6.54 Å². The summed E-state index contributed by atoms with van der Waals surface area (Å²) < 4.78 is 0. The minimum absolute atomic E-state index is 0.0117. The highest BCUT2D eigenvalue weighted by Gasteiger charge is 2.47. The normalized spacial score (nSPS) is 27.2. The van der Waals surface area contributed by atoms with Crippen LogP contribution in [0, 0.1) is 17.8 Å². The van der Waals surface area contributed by atoms with Crippen molar-refractivity contribution in [2.75, 3.05) is 13.1 Å². The summed E-state index contributed by atoms with van der Waals surface area (Å²) >= 11 is 2.08. The number of carbonyl (C=O) groups is 3. The molecule has 3 N–H and O–H groups in total. The summed E-state index contributed by atoms with van der Waals surface area (Å²) in [7, 11) is 0. The number of thioether (sulfide) groups is 1. The van der Waals surface area contributed by atoms with Crippen LogP contribution in [0.3, 0.4) is 0 Å². The molecule has 3 aliphatic rings. The van der Waals surface area contributed by atoms with Gasteiger partial charge in [-0.15, -0.1) is 0 Å². The van der Waals surface area contributed by atoms with Crippen LogP contribution in [-0.2, 0) is 14.4 Å². The summed E-state index contributed by atoms with van der Waals surface area (Å²) in [6.07, 6.45) is 18.7. The summed E-state index contributed by atoms with van der Waals surface area (Å²) in [6.45, 7) is 0.756. The number of hydrogen-bond donors (Lipinski definition) is 3. The second-order valence-electron chi connectivity index (χ2n) is 10.1. The fourth-order valence-corrected chi connectivity index (χ4v) is 7.82. The van der Waals surface area contributed by atoms with Gasteiger partial charge < -0.3 is 15.7 Å². The van der Waals surface area contributed by atoms with Crippen LogP contribution in [0.25, 0.3) is 0 Å². The van der Waals surface area contributed by atoms with Gasteiger partial charge in [0, 0.05) is 29.9 Å². The zero-order valence-corrected chi connectivity index (χ0v) is 20.8. The molecule has 4 atom stereocenters. The number of rotatable bonds is 14. The van der Waals surface area contributed by atoms with Gasteiger partial charge in [-0.1, -0.05) is 44.3 Å². The molecule has 1 saturated carbocycles. The molecule has 3 fully saturated rings. The van der Waals surface area contributed by atoms with Gasteiger partial charge in [0.2, 0.25) is 11.8 Å². The highest BCUT2D eigenvalue weighted by Crippen LogP contribution is 2.54. The van der Waals surface area contributed by atoms with Gasteiger partial charge in [0.25, 0.3) is 0 Å². The smallest absolute Gasteiger partial charge is 0.303 e. The van der Waals surface area contributed by atoms with Crippen LogP contribution in [0.5, 0.6) is 0 Å². The van der Waals surface area contributed by atoms with E-state index in [1.165, 1.54) is 44.9 Å². The van der Waals surface area contributed by atoms with E-state index in [1.807, 2.05) is 0 Å². The Balaban J connectivity index is 1.29. The number of nitrogens with one attached hydrogen (secondary N) is 2. The van der Waals surface area contributed by atoms with Crippen molar-refractivity contribution in [3.05, 3.63) is 12.2 Å². The van der Waals surface area contributed by atoms with Crippen molar-refractivity contribution in [1.29, 1.82) is 0 Å². The molecule has 0 radical (unpaired) electrons.